The molecule has 10 aromatic rings. The lowest BCUT2D eigenvalue weighted by molar-refractivity contribution is 0.676. The van der Waals surface area contributed by atoms with Crippen LogP contribution in [0.3, 0.4) is 0 Å². The Morgan fingerprint density at radius 3 is 1.16 bits per heavy atom. The molecule has 0 aliphatic carbocycles. The second-order valence-corrected chi connectivity index (χ2v) is 15.6. The molecule has 1 aromatic heterocycles. The van der Waals surface area contributed by atoms with Gasteiger partial charge in [0.05, 0.1) is 0 Å². The highest BCUT2D eigenvalue weighted by molar-refractivity contribution is 6.74. The maximum absolute atomic E-state index is 7.35. The van der Waals surface area contributed by atoms with Crippen LogP contribution in [0.2, 0.25) is 0 Å². The number of fused-ring (bicyclic) bond motifs is 10. The van der Waals surface area contributed by atoms with E-state index in [1.165, 1.54) is 0 Å². The first-order valence-electron chi connectivity index (χ1n) is 19.0. The molecular weight excluding hydrogens is 728 g/mol. The third-order valence-electron chi connectivity index (χ3n) is 12.6. The number of hydrogen-bond acceptors (Lipinski definition) is 1. The van der Waals surface area contributed by atoms with Crippen molar-refractivity contribution in [1.29, 1.82) is 0 Å². The van der Waals surface area contributed by atoms with Crippen LogP contribution >= 0.6 is 0 Å². The van der Waals surface area contributed by atoms with Gasteiger partial charge >= 0.3 is 0 Å². The van der Waals surface area contributed by atoms with Crippen molar-refractivity contribution >= 4 is 302 Å². The summed E-state index contributed by atoms with van der Waals surface area (Å²) in [5, 5.41) is 5.77. The van der Waals surface area contributed by atoms with E-state index in [4.69, 9.17) is 138 Å². The Bertz CT molecular complexity index is 3700. The zero-order valence-corrected chi connectivity index (χ0v) is 32.9. The summed E-state index contributed by atoms with van der Waals surface area (Å²) in [7, 11) is 116. The molecule has 18 heteroatoms. The third-order valence-corrected chi connectivity index (χ3v) is 12.6. The second-order valence-electron chi connectivity index (χ2n) is 15.6. The van der Waals surface area contributed by atoms with Gasteiger partial charge in [0.25, 0.3) is 0 Å². The van der Waals surface area contributed by atoms with Gasteiger partial charge in [-0.1, -0.05) is 109 Å². The Balaban J connectivity index is 1.51. The summed E-state index contributed by atoms with van der Waals surface area (Å²) in [4.78, 5) is 0. The Kier molecular flexibility index (Phi) is 9.37. The molecule has 10 rings (SSSR count). The summed E-state index contributed by atoms with van der Waals surface area (Å²) in [6.45, 7) is 0. The van der Waals surface area contributed by atoms with Crippen LogP contribution in [0.15, 0.2) is 59.0 Å². The van der Waals surface area contributed by atoms with E-state index in [0.717, 1.165) is 21.5 Å². The monoisotopic (exact) mass is 740 g/mol. The van der Waals surface area contributed by atoms with Gasteiger partial charge in [-0.05, 0) is 76.8 Å². The molecule has 0 aliphatic rings. The average Bonchev–Trinajstić information content (AvgIpc) is 3.68. The van der Waals surface area contributed by atoms with Crippen molar-refractivity contribution in [3.8, 4) is 22.3 Å². The van der Waals surface area contributed by atoms with E-state index in [1.54, 1.807) is 0 Å². The predicted octanol–water partition coefficient (Wildman–Crippen LogP) is -7.82. The van der Waals surface area contributed by atoms with E-state index in [1.807, 2.05) is 54.6 Å². The van der Waals surface area contributed by atoms with Gasteiger partial charge in [-0.3, -0.25) is 0 Å². The van der Waals surface area contributed by atoms with E-state index >= 15 is 0 Å². The van der Waals surface area contributed by atoms with E-state index in [2.05, 4.69) is 0 Å². The van der Waals surface area contributed by atoms with Gasteiger partial charge in [0.2, 0.25) is 0 Å². The summed E-state index contributed by atoms with van der Waals surface area (Å²) in [5.41, 5.74) is 1.90. The zero-order valence-electron chi connectivity index (χ0n) is 32.9. The first-order chi connectivity index (χ1) is 29.4. The fourth-order valence-electron chi connectivity index (χ4n) is 9.45. The molecule has 0 amide bonds. The molecule has 34 radical (unpaired) electrons. The molecule has 0 saturated heterocycles. The van der Waals surface area contributed by atoms with Crippen LogP contribution in [0.4, 0.5) is 0 Å². The van der Waals surface area contributed by atoms with Gasteiger partial charge in [0.1, 0.15) is 145 Å². The first kappa shape index (κ1) is 41.2. The highest BCUT2D eigenvalue weighted by Crippen LogP contribution is 2.44. The Labute approximate surface area is 381 Å². The van der Waals surface area contributed by atoms with Crippen molar-refractivity contribution in [2.45, 2.75) is 0 Å². The maximum Gasteiger partial charge on any atom is 0.141 e. The maximum atomic E-state index is 7.35. The quantitative estimate of drug-likeness (QED) is 0.0979. The van der Waals surface area contributed by atoms with Gasteiger partial charge < -0.3 is 4.42 Å². The SMILES string of the molecule is [B]c1c(-c2c3c([B])c([B])c([B])c([B])c3c(-c3cc4ccccc4c4ccccc34)c3c([B])c([B])c([B])c([B])c23)c([B])c2c(oc3c4c([B])c([B])c([B])c([B])c4c([B])c([B])c32)c1[B]. The van der Waals surface area contributed by atoms with Crippen LogP contribution in [0.25, 0.3) is 98.1 Å². The van der Waals surface area contributed by atoms with E-state index in [9.17, 15) is 0 Å². The normalized spacial score (nSPS) is 12.0. The molecule has 1 nitrogen and oxygen atoms in total. The summed E-state index contributed by atoms with van der Waals surface area (Å²) < 4.78 is 6.48. The Hall–Kier alpha value is -4.82. The summed E-state index contributed by atoms with van der Waals surface area (Å²) in [6.07, 6.45) is 0. The molecule has 1 heterocycles. The van der Waals surface area contributed by atoms with Crippen molar-refractivity contribution < 1.29 is 4.42 Å². The summed E-state index contributed by atoms with van der Waals surface area (Å²) >= 11 is 0. The van der Waals surface area contributed by atoms with Crippen LogP contribution in [-0.4, -0.2) is 133 Å². The van der Waals surface area contributed by atoms with Crippen LogP contribution in [0.5, 0.6) is 0 Å². The van der Waals surface area contributed by atoms with E-state index < -0.39 is 0 Å². The number of furan rings is 1. The molecule has 0 atom stereocenters. The number of hydrogen-bond donors (Lipinski definition) is 0. The zero-order chi connectivity index (χ0) is 44.3. The molecule has 0 unspecified atom stereocenters. The van der Waals surface area contributed by atoms with Crippen molar-refractivity contribution in [3.05, 3.63) is 54.6 Å². The van der Waals surface area contributed by atoms with Crippen LogP contribution in [-0.2, 0) is 0 Å². The van der Waals surface area contributed by atoms with Gasteiger partial charge in [0, 0.05) is 16.2 Å². The second kappa shape index (κ2) is 14.1. The molecule has 0 N–H and O–H groups in total. The Morgan fingerprint density at radius 2 is 0.629 bits per heavy atom. The first-order valence-corrected chi connectivity index (χ1v) is 19.0. The molecular formula is C44H9B17O. The number of rotatable bonds is 2. The lowest BCUT2D eigenvalue weighted by Gasteiger charge is -2.30. The Morgan fingerprint density at radius 1 is 0.258 bits per heavy atom. The fourth-order valence-corrected chi connectivity index (χ4v) is 9.45. The van der Waals surface area contributed by atoms with Crippen LogP contribution in [0, 0.1) is 0 Å². The molecule has 0 fully saturated rings. The molecule has 0 aliphatic heterocycles. The van der Waals surface area contributed by atoms with E-state index in [-0.39, 0.29) is 147 Å². The van der Waals surface area contributed by atoms with Gasteiger partial charge in [-0.25, -0.2) is 0 Å². The lowest BCUT2D eigenvalue weighted by atomic mass is 9.58. The van der Waals surface area contributed by atoms with Crippen LogP contribution < -0.4 is 92.9 Å². The molecule has 0 spiro atoms. The average molecular weight is 737 g/mol. The van der Waals surface area contributed by atoms with Crippen molar-refractivity contribution in [1.82, 2.24) is 0 Å². The smallest absolute Gasteiger partial charge is 0.141 e. The lowest BCUT2D eigenvalue weighted by Crippen LogP contribution is -2.50. The summed E-state index contributed by atoms with van der Waals surface area (Å²) in [6, 6.07) is 17.9. The van der Waals surface area contributed by atoms with E-state index in [0.29, 0.717) is 21.9 Å². The van der Waals surface area contributed by atoms with Crippen molar-refractivity contribution in [2.75, 3.05) is 0 Å². The molecule has 0 saturated carbocycles. The van der Waals surface area contributed by atoms with Crippen molar-refractivity contribution in [2.24, 2.45) is 0 Å². The molecule has 242 valence electrons. The minimum atomic E-state index is -0.0608. The molecule has 9 aromatic carbocycles. The number of benzene rings is 9. The fraction of sp³-hybridized carbons (Fsp3) is 0. The standard InChI is InChI=1S/C44H9B17O/c45-26-21(33(52)42(61)44-24(26)25-34(53)31(50)22-23(43(25)62-44)35(54)41(60)40(59)32(22)51)16-19-17(27(46)36(55)38(57)29(19)48)15(18-20(16)30(49)39(58)37(56)28(18)47)14-9-10-5-1-2-6-11(10)12-7-3-4-8-13(12)14/h1-9H. The predicted molar refractivity (Wildman–Crippen MR) is 284 cm³/mol. The highest BCUT2D eigenvalue weighted by atomic mass is 16.3. The van der Waals surface area contributed by atoms with Gasteiger partial charge in [0.15, 0.2) is 0 Å². The van der Waals surface area contributed by atoms with Gasteiger partial charge in [-0.15, -0.1) is 32.8 Å². The summed E-state index contributed by atoms with van der Waals surface area (Å²) in [5.74, 6) is 0. The minimum Gasteiger partial charge on any atom is -0.456 e. The topological polar surface area (TPSA) is 13.1 Å². The molecule has 62 heavy (non-hydrogen) atoms. The van der Waals surface area contributed by atoms with Crippen molar-refractivity contribution in [3.63, 3.8) is 0 Å². The molecule has 0 bridgehead atoms. The highest BCUT2D eigenvalue weighted by Gasteiger charge is 2.30. The largest absolute Gasteiger partial charge is 0.456 e. The third kappa shape index (κ3) is 5.16. The van der Waals surface area contributed by atoms with Gasteiger partial charge in [-0.2, -0.15) is 0 Å². The van der Waals surface area contributed by atoms with Crippen LogP contribution in [0.1, 0.15) is 0 Å². The minimum absolute atomic E-state index is 0.000832.